The van der Waals surface area contributed by atoms with Crippen LogP contribution in [0, 0.1) is 0 Å². The van der Waals surface area contributed by atoms with Crippen molar-refractivity contribution in [2.24, 2.45) is 0 Å². The lowest BCUT2D eigenvalue weighted by molar-refractivity contribution is 0.414. The third kappa shape index (κ3) is 5.77. The average molecular weight is 256 g/mol. The summed E-state index contributed by atoms with van der Waals surface area (Å²) in [5.41, 5.74) is 1.20. The van der Waals surface area contributed by atoms with Crippen molar-refractivity contribution in [3.8, 4) is 11.5 Å². The van der Waals surface area contributed by atoms with E-state index in [4.69, 9.17) is 9.47 Å². The molecule has 0 saturated heterocycles. The summed E-state index contributed by atoms with van der Waals surface area (Å²) in [7, 11) is 3.33. The van der Waals surface area contributed by atoms with Gasteiger partial charge in [-0.15, -0.1) is 0 Å². The molecule has 0 saturated carbocycles. The molecule has 2 aromatic carbocycles. The minimum atomic E-state index is 0.901. The van der Waals surface area contributed by atoms with Crippen molar-refractivity contribution in [1.29, 1.82) is 0 Å². The van der Waals surface area contributed by atoms with Crippen molar-refractivity contribution in [3.05, 3.63) is 66.2 Å². The maximum Gasteiger partial charge on any atom is 0.118 e. The molecule has 100 valence electrons. The van der Waals surface area contributed by atoms with Crippen molar-refractivity contribution in [2.75, 3.05) is 14.2 Å². The molecular weight excluding hydrogens is 236 g/mol. The maximum atomic E-state index is 5.02. The lowest BCUT2D eigenvalue weighted by Crippen LogP contribution is -1.80. The van der Waals surface area contributed by atoms with Gasteiger partial charge in [-0.05, 0) is 36.8 Å². The van der Waals surface area contributed by atoms with Gasteiger partial charge in [-0.2, -0.15) is 0 Å². The third-order valence-corrected chi connectivity index (χ3v) is 2.45. The van der Waals surface area contributed by atoms with Gasteiger partial charge in [0.25, 0.3) is 0 Å². The summed E-state index contributed by atoms with van der Waals surface area (Å²) in [6, 6.07) is 17.6. The number of methoxy groups -OCH3 is 2. The molecule has 0 aliphatic rings. The van der Waals surface area contributed by atoms with Crippen LogP contribution in [0.5, 0.6) is 11.5 Å². The van der Waals surface area contributed by atoms with Gasteiger partial charge >= 0.3 is 0 Å². The van der Waals surface area contributed by atoms with E-state index in [-0.39, 0.29) is 0 Å². The Bertz CT molecular complexity index is 472. The van der Waals surface area contributed by atoms with Crippen molar-refractivity contribution < 1.29 is 9.47 Å². The van der Waals surface area contributed by atoms with Gasteiger partial charge in [0, 0.05) is 0 Å². The van der Waals surface area contributed by atoms with Crippen LogP contribution >= 0.6 is 0 Å². The molecule has 0 aliphatic carbocycles. The fraction of sp³-hybridized carbons (Fsp3) is 0.176. The van der Waals surface area contributed by atoms with Gasteiger partial charge in [0.2, 0.25) is 0 Å². The minimum Gasteiger partial charge on any atom is -0.497 e. The molecule has 2 heteroatoms. The molecule has 0 unspecified atom stereocenters. The molecule has 0 N–H and O–H groups in total. The fourth-order valence-electron chi connectivity index (χ4n) is 1.46. The predicted molar refractivity (Wildman–Crippen MR) is 80.7 cm³/mol. The smallest absolute Gasteiger partial charge is 0.118 e. The van der Waals surface area contributed by atoms with Gasteiger partial charge in [-0.1, -0.05) is 42.5 Å². The highest BCUT2D eigenvalue weighted by Gasteiger charge is 1.88. The summed E-state index contributed by atoms with van der Waals surface area (Å²) in [5, 5.41) is 0. The average Bonchev–Trinajstić information content (AvgIpc) is 2.50. The molecule has 19 heavy (non-hydrogen) atoms. The Kier molecular flexibility index (Phi) is 6.88. The zero-order valence-electron chi connectivity index (χ0n) is 11.7. The molecule has 0 atom stereocenters. The number of hydrogen-bond donors (Lipinski definition) is 0. The van der Waals surface area contributed by atoms with Gasteiger partial charge in [0.15, 0.2) is 0 Å². The second-order valence-electron chi connectivity index (χ2n) is 3.79. The minimum absolute atomic E-state index is 0.901. The topological polar surface area (TPSA) is 18.5 Å². The van der Waals surface area contributed by atoms with Crippen LogP contribution in [0.1, 0.15) is 12.5 Å². The first-order chi connectivity index (χ1) is 9.30. The lowest BCUT2D eigenvalue weighted by Gasteiger charge is -1.98. The first-order valence-corrected chi connectivity index (χ1v) is 6.16. The summed E-state index contributed by atoms with van der Waals surface area (Å²) < 4.78 is 9.94. The van der Waals surface area contributed by atoms with E-state index in [9.17, 15) is 0 Å². The quantitative estimate of drug-likeness (QED) is 0.809. The summed E-state index contributed by atoms with van der Waals surface area (Å²) in [4.78, 5) is 0. The molecule has 2 nitrogen and oxygen atoms in total. The van der Waals surface area contributed by atoms with Crippen molar-refractivity contribution in [3.63, 3.8) is 0 Å². The van der Waals surface area contributed by atoms with Crippen LogP contribution in [0.4, 0.5) is 0 Å². The van der Waals surface area contributed by atoms with Gasteiger partial charge in [-0.3, -0.25) is 0 Å². The van der Waals surface area contributed by atoms with E-state index in [1.807, 2.05) is 67.6 Å². The summed E-state index contributed by atoms with van der Waals surface area (Å²) in [5.74, 6) is 1.81. The Balaban J connectivity index is 0.000000200. The number of rotatable bonds is 3. The van der Waals surface area contributed by atoms with Crippen LogP contribution in [0.15, 0.2) is 60.7 Å². The number of ether oxygens (including phenoxy) is 2. The van der Waals surface area contributed by atoms with E-state index >= 15 is 0 Å². The largest absolute Gasteiger partial charge is 0.497 e. The number of allylic oxidation sites excluding steroid dienone is 1. The van der Waals surface area contributed by atoms with Gasteiger partial charge in [-0.25, -0.2) is 0 Å². The van der Waals surface area contributed by atoms with Crippen LogP contribution in [0.25, 0.3) is 6.08 Å². The zero-order valence-corrected chi connectivity index (χ0v) is 11.7. The van der Waals surface area contributed by atoms with E-state index < -0.39 is 0 Å². The van der Waals surface area contributed by atoms with Crippen LogP contribution in [0.2, 0.25) is 0 Å². The Morgan fingerprint density at radius 3 is 1.68 bits per heavy atom. The standard InChI is InChI=1S/C10H12O.C7H8O/c1-3-4-9-5-7-10(11-2)8-6-9;1-8-7-5-3-2-4-6-7/h3-8H,1-2H3;2-6H,1H3/b4-3-;. The summed E-state index contributed by atoms with van der Waals surface area (Å²) >= 11 is 0. The third-order valence-electron chi connectivity index (χ3n) is 2.45. The Morgan fingerprint density at radius 2 is 1.26 bits per heavy atom. The Hall–Kier alpha value is -2.22. The first kappa shape index (κ1) is 14.8. The predicted octanol–water partition coefficient (Wildman–Crippen LogP) is 4.42. The van der Waals surface area contributed by atoms with E-state index in [2.05, 4.69) is 6.08 Å². The molecule has 0 fully saturated rings. The van der Waals surface area contributed by atoms with E-state index in [0.29, 0.717) is 0 Å². The monoisotopic (exact) mass is 256 g/mol. The van der Waals surface area contributed by atoms with Gasteiger partial charge in [0.1, 0.15) is 11.5 Å². The fourth-order valence-corrected chi connectivity index (χ4v) is 1.46. The van der Waals surface area contributed by atoms with Gasteiger partial charge in [0.05, 0.1) is 14.2 Å². The normalized spacial score (nSPS) is 9.63. The molecule has 0 aromatic heterocycles. The second kappa shape index (κ2) is 8.81. The summed E-state index contributed by atoms with van der Waals surface area (Å²) in [6.07, 6.45) is 4.07. The molecule has 0 heterocycles. The van der Waals surface area contributed by atoms with Crippen LogP contribution in [-0.2, 0) is 0 Å². The molecule has 0 amide bonds. The SMILES string of the molecule is C/C=C\c1ccc(OC)cc1.COc1ccccc1. The van der Waals surface area contributed by atoms with E-state index in [1.165, 1.54) is 5.56 Å². The molecule has 0 radical (unpaired) electrons. The number of benzene rings is 2. The number of para-hydroxylation sites is 1. The van der Waals surface area contributed by atoms with Crippen LogP contribution < -0.4 is 9.47 Å². The number of hydrogen-bond acceptors (Lipinski definition) is 2. The highest BCUT2D eigenvalue weighted by atomic mass is 16.5. The molecule has 0 aliphatic heterocycles. The summed E-state index contributed by atoms with van der Waals surface area (Å²) in [6.45, 7) is 2.00. The zero-order chi connectivity index (χ0) is 13.9. The van der Waals surface area contributed by atoms with Crippen molar-refractivity contribution in [1.82, 2.24) is 0 Å². The van der Waals surface area contributed by atoms with Crippen molar-refractivity contribution in [2.45, 2.75) is 6.92 Å². The molecule has 0 spiro atoms. The molecule has 2 aromatic rings. The highest BCUT2D eigenvalue weighted by Crippen LogP contribution is 2.11. The Morgan fingerprint density at radius 1 is 0.737 bits per heavy atom. The van der Waals surface area contributed by atoms with E-state index in [1.54, 1.807) is 14.2 Å². The van der Waals surface area contributed by atoms with Gasteiger partial charge < -0.3 is 9.47 Å². The molecule has 0 bridgehead atoms. The lowest BCUT2D eigenvalue weighted by atomic mass is 10.2. The Labute approximate surface area is 115 Å². The van der Waals surface area contributed by atoms with Crippen LogP contribution in [-0.4, -0.2) is 14.2 Å². The van der Waals surface area contributed by atoms with Crippen molar-refractivity contribution >= 4 is 6.08 Å². The second-order valence-corrected chi connectivity index (χ2v) is 3.79. The maximum absolute atomic E-state index is 5.02. The van der Waals surface area contributed by atoms with E-state index in [0.717, 1.165) is 11.5 Å². The molecule has 2 rings (SSSR count). The highest BCUT2D eigenvalue weighted by molar-refractivity contribution is 5.50. The van der Waals surface area contributed by atoms with Crippen LogP contribution in [0.3, 0.4) is 0 Å². The first-order valence-electron chi connectivity index (χ1n) is 6.16. The molecular formula is C17H20O2.